The second kappa shape index (κ2) is 6.95. The van der Waals surface area contributed by atoms with Crippen LogP contribution < -0.4 is 15.7 Å². The number of nitrogens with one attached hydrogen (secondary N) is 1. The lowest BCUT2D eigenvalue weighted by atomic mass is 10.1. The highest BCUT2D eigenvalue weighted by Crippen LogP contribution is 2.22. The van der Waals surface area contributed by atoms with Gasteiger partial charge in [-0.2, -0.15) is 0 Å². The fourth-order valence-corrected chi connectivity index (χ4v) is 2.40. The molecule has 1 aromatic carbocycles. The maximum atomic E-state index is 12.4. The summed E-state index contributed by atoms with van der Waals surface area (Å²) in [6, 6.07) is 11.8. The molecule has 0 aliphatic rings. The molecule has 0 bridgehead atoms. The Labute approximate surface area is 138 Å². The predicted molar refractivity (Wildman–Crippen MR) is 89.3 cm³/mol. The van der Waals surface area contributed by atoms with Gasteiger partial charge in [0.1, 0.15) is 11.3 Å². The number of hydrogen-bond donors (Lipinski definition) is 1. The van der Waals surface area contributed by atoms with E-state index in [1.54, 1.807) is 24.4 Å². The largest absolute Gasteiger partial charge is 0.497 e. The zero-order valence-corrected chi connectivity index (χ0v) is 13.1. The Morgan fingerprint density at radius 3 is 2.88 bits per heavy atom. The third kappa shape index (κ3) is 3.43. The fraction of sp³-hybridized carbons (Fsp3) is 0.167. The van der Waals surface area contributed by atoms with Gasteiger partial charge >= 0.3 is 5.63 Å². The molecule has 0 unspecified atom stereocenters. The number of ether oxygens (including phenoxy) is 1. The van der Waals surface area contributed by atoms with Gasteiger partial charge in [-0.3, -0.25) is 9.78 Å². The van der Waals surface area contributed by atoms with Crippen LogP contribution in [0.25, 0.3) is 11.0 Å². The zero-order chi connectivity index (χ0) is 16.9. The molecule has 0 saturated heterocycles. The molecule has 6 nitrogen and oxygen atoms in total. The van der Waals surface area contributed by atoms with Gasteiger partial charge in [-0.25, -0.2) is 4.79 Å². The molecule has 24 heavy (non-hydrogen) atoms. The molecule has 0 spiro atoms. The Hall–Kier alpha value is -3.15. The van der Waals surface area contributed by atoms with Gasteiger partial charge in [0.25, 0.3) is 5.91 Å². The molecular formula is C18H16N2O4. The smallest absolute Gasteiger partial charge is 0.337 e. The van der Waals surface area contributed by atoms with Gasteiger partial charge in [0.05, 0.1) is 12.7 Å². The maximum absolute atomic E-state index is 12.4. The number of benzene rings is 1. The second-order valence-corrected chi connectivity index (χ2v) is 5.17. The lowest BCUT2D eigenvalue weighted by Crippen LogP contribution is -2.27. The number of fused-ring (bicyclic) bond motifs is 1. The van der Waals surface area contributed by atoms with E-state index in [4.69, 9.17) is 9.15 Å². The Morgan fingerprint density at radius 1 is 1.25 bits per heavy atom. The summed E-state index contributed by atoms with van der Waals surface area (Å²) in [6.45, 7) is 0.424. The van der Waals surface area contributed by atoms with Crippen LogP contribution in [0, 0.1) is 0 Å². The lowest BCUT2D eigenvalue weighted by molar-refractivity contribution is 0.0955. The highest BCUT2D eigenvalue weighted by atomic mass is 16.5. The number of carbonyl (C=O) groups excluding carboxylic acids is 1. The minimum Gasteiger partial charge on any atom is -0.497 e. The van der Waals surface area contributed by atoms with E-state index in [1.807, 2.05) is 18.2 Å². The number of hydrogen-bond acceptors (Lipinski definition) is 5. The van der Waals surface area contributed by atoms with Gasteiger partial charge < -0.3 is 14.5 Å². The first-order valence-electron chi connectivity index (χ1n) is 7.47. The first-order valence-corrected chi connectivity index (χ1v) is 7.47. The van der Waals surface area contributed by atoms with Crippen LogP contribution in [-0.4, -0.2) is 24.5 Å². The number of pyridine rings is 1. The van der Waals surface area contributed by atoms with Crippen molar-refractivity contribution >= 4 is 16.9 Å². The number of rotatable bonds is 5. The number of amides is 1. The molecule has 3 aromatic rings. The molecule has 1 amide bonds. The molecule has 0 aliphatic heterocycles. The molecule has 0 aliphatic carbocycles. The van der Waals surface area contributed by atoms with Crippen LogP contribution in [0.4, 0.5) is 0 Å². The third-order valence-electron chi connectivity index (χ3n) is 3.59. The molecule has 0 atom stereocenters. The molecule has 1 N–H and O–H groups in total. The van der Waals surface area contributed by atoms with Crippen LogP contribution >= 0.6 is 0 Å². The minimum atomic E-state index is -0.578. The molecule has 6 heteroatoms. The molecule has 0 radical (unpaired) electrons. The van der Waals surface area contributed by atoms with Gasteiger partial charge in [-0.15, -0.1) is 0 Å². The Kier molecular flexibility index (Phi) is 4.56. The first kappa shape index (κ1) is 15.7. The Bertz CT molecular complexity index is 919. The van der Waals surface area contributed by atoms with Gasteiger partial charge in [-0.1, -0.05) is 6.07 Å². The van der Waals surface area contributed by atoms with Crippen molar-refractivity contribution in [1.29, 1.82) is 0 Å². The normalized spacial score (nSPS) is 10.5. The van der Waals surface area contributed by atoms with Crippen LogP contribution in [0.2, 0.25) is 0 Å². The van der Waals surface area contributed by atoms with Crippen molar-refractivity contribution in [2.24, 2.45) is 0 Å². The average molecular weight is 324 g/mol. The summed E-state index contributed by atoms with van der Waals surface area (Å²) < 4.78 is 10.3. The van der Waals surface area contributed by atoms with E-state index in [0.717, 1.165) is 5.69 Å². The van der Waals surface area contributed by atoms with Gasteiger partial charge in [-0.05, 0) is 24.3 Å². The topological polar surface area (TPSA) is 81.4 Å². The molecule has 122 valence electrons. The summed E-state index contributed by atoms with van der Waals surface area (Å²) in [5, 5.41) is 3.37. The van der Waals surface area contributed by atoms with Crippen LogP contribution in [0.5, 0.6) is 5.75 Å². The maximum Gasteiger partial charge on any atom is 0.337 e. The van der Waals surface area contributed by atoms with Crippen molar-refractivity contribution in [2.75, 3.05) is 13.7 Å². The quantitative estimate of drug-likeness (QED) is 0.727. The SMILES string of the molecule is COc1ccc2c(C(=O)NCCc3ccccn3)cc(=O)oc2c1. The molecule has 0 saturated carbocycles. The van der Waals surface area contributed by atoms with E-state index in [-0.39, 0.29) is 11.5 Å². The standard InChI is InChI=1S/C18H16N2O4/c1-23-13-5-6-14-15(11-17(21)24-16(14)10-13)18(22)20-9-7-12-4-2-3-8-19-12/h2-6,8,10-11H,7,9H2,1H3,(H,20,22). The van der Waals surface area contributed by atoms with Crippen LogP contribution in [0.15, 0.2) is 57.9 Å². The van der Waals surface area contributed by atoms with E-state index < -0.39 is 5.63 Å². The Morgan fingerprint density at radius 2 is 2.12 bits per heavy atom. The van der Waals surface area contributed by atoms with Crippen molar-refractivity contribution in [3.8, 4) is 5.75 Å². The summed E-state index contributed by atoms with van der Waals surface area (Å²) in [6.07, 6.45) is 2.32. The number of aromatic nitrogens is 1. The average Bonchev–Trinajstić information content (AvgIpc) is 2.61. The van der Waals surface area contributed by atoms with Gasteiger partial charge in [0.2, 0.25) is 0 Å². The van der Waals surface area contributed by atoms with E-state index >= 15 is 0 Å². The molecular weight excluding hydrogens is 308 g/mol. The summed E-state index contributed by atoms with van der Waals surface area (Å²) >= 11 is 0. The lowest BCUT2D eigenvalue weighted by Gasteiger charge is -2.08. The predicted octanol–water partition coefficient (Wildman–Crippen LogP) is 2.17. The van der Waals surface area contributed by atoms with Crippen LogP contribution in [-0.2, 0) is 6.42 Å². The van der Waals surface area contributed by atoms with E-state index in [1.165, 1.54) is 13.2 Å². The summed E-state index contributed by atoms with van der Waals surface area (Å²) in [5.74, 6) is 0.229. The number of nitrogens with zero attached hydrogens (tertiary/aromatic N) is 1. The molecule has 2 heterocycles. The highest BCUT2D eigenvalue weighted by Gasteiger charge is 2.13. The summed E-state index contributed by atoms with van der Waals surface area (Å²) in [7, 11) is 1.52. The van der Waals surface area contributed by atoms with Crippen molar-refractivity contribution < 1.29 is 13.9 Å². The number of methoxy groups -OCH3 is 1. The highest BCUT2D eigenvalue weighted by molar-refractivity contribution is 6.05. The van der Waals surface area contributed by atoms with E-state index in [0.29, 0.717) is 29.7 Å². The van der Waals surface area contributed by atoms with Crippen molar-refractivity contribution in [1.82, 2.24) is 10.3 Å². The number of carbonyl (C=O) groups is 1. The molecule has 3 rings (SSSR count). The van der Waals surface area contributed by atoms with Gasteiger partial charge in [0.15, 0.2) is 0 Å². The monoisotopic (exact) mass is 324 g/mol. The molecule has 2 aromatic heterocycles. The second-order valence-electron chi connectivity index (χ2n) is 5.17. The van der Waals surface area contributed by atoms with Crippen molar-refractivity contribution in [3.63, 3.8) is 0 Å². The zero-order valence-electron chi connectivity index (χ0n) is 13.1. The van der Waals surface area contributed by atoms with Gasteiger partial charge in [0, 0.05) is 42.4 Å². The van der Waals surface area contributed by atoms with Crippen molar-refractivity contribution in [3.05, 3.63) is 70.3 Å². The fourth-order valence-electron chi connectivity index (χ4n) is 2.40. The minimum absolute atomic E-state index is 0.282. The summed E-state index contributed by atoms with van der Waals surface area (Å²) in [5.41, 5.74) is 0.909. The Balaban J connectivity index is 1.80. The van der Waals surface area contributed by atoms with E-state index in [2.05, 4.69) is 10.3 Å². The van der Waals surface area contributed by atoms with E-state index in [9.17, 15) is 9.59 Å². The van der Waals surface area contributed by atoms with Crippen LogP contribution in [0.3, 0.4) is 0 Å². The summed E-state index contributed by atoms with van der Waals surface area (Å²) in [4.78, 5) is 28.3. The van der Waals surface area contributed by atoms with Crippen LogP contribution in [0.1, 0.15) is 16.1 Å². The van der Waals surface area contributed by atoms with Crippen molar-refractivity contribution in [2.45, 2.75) is 6.42 Å². The molecule has 0 fully saturated rings. The third-order valence-corrected chi connectivity index (χ3v) is 3.59. The first-order chi connectivity index (χ1) is 11.7.